The molecule has 0 aromatic heterocycles. The van der Waals surface area contributed by atoms with E-state index in [4.69, 9.17) is 0 Å². The Kier molecular flexibility index (Phi) is 6.74. The molecule has 2 N–H and O–H groups in total. The van der Waals surface area contributed by atoms with Gasteiger partial charge in [-0.15, -0.1) is 0 Å². The smallest absolute Gasteiger partial charge is 0.309 e. The first-order chi connectivity index (χ1) is 16.4. The van der Waals surface area contributed by atoms with Crippen molar-refractivity contribution >= 4 is 30.4 Å². The Hall–Kier alpha value is -2.82. The van der Waals surface area contributed by atoms with Gasteiger partial charge in [0.1, 0.15) is 6.04 Å². The van der Waals surface area contributed by atoms with Crippen molar-refractivity contribution in [3.05, 3.63) is 34.9 Å². The third kappa shape index (κ3) is 4.96. The van der Waals surface area contributed by atoms with Crippen molar-refractivity contribution in [1.82, 2.24) is 15.1 Å². The molecule has 3 aliphatic rings. The molecule has 0 bridgehead atoms. The SMILES string of the molecule is CB(O)[C@@H]1CC(F)(F)CN1C(=O)[C@@H]1C[C@@H](CC(=O)N2Cc3cccc(C(=O)C(C)C)c3C2)C(=O)N1. The molecule has 1 aromatic carbocycles. The topological polar surface area (TPSA) is 107 Å². The number of carbonyl (C=O) groups is 4. The van der Waals surface area contributed by atoms with E-state index in [9.17, 15) is 33.0 Å². The average molecular weight is 489 g/mol. The Morgan fingerprint density at radius 2 is 1.97 bits per heavy atom. The molecule has 3 amide bonds. The Morgan fingerprint density at radius 3 is 2.63 bits per heavy atom. The summed E-state index contributed by atoms with van der Waals surface area (Å²) in [5, 5.41) is 12.4. The number of fused-ring (bicyclic) bond motifs is 1. The van der Waals surface area contributed by atoms with Gasteiger partial charge in [-0.3, -0.25) is 19.2 Å². The van der Waals surface area contributed by atoms with Crippen LogP contribution in [0.3, 0.4) is 0 Å². The summed E-state index contributed by atoms with van der Waals surface area (Å²) in [6.07, 6.45) is -0.723. The number of amides is 3. The molecule has 11 heteroatoms. The lowest BCUT2D eigenvalue weighted by atomic mass is 9.62. The van der Waals surface area contributed by atoms with Crippen LogP contribution in [-0.2, 0) is 27.5 Å². The molecule has 4 rings (SSSR count). The molecule has 2 saturated heterocycles. The molecule has 0 spiro atoms. The maximum atomic E-state index is 13.9. The number of rotatable bonds is 6. The van der Waals surface area contributed by atoms with E-state index in [0.717, 1.165) is 16.0 Å². The Balaban J connectivity index is 1.40. The van der Waals surface area contributed by atoms with E-state index >= 15 is 0 Å². The molecule has 0 unspecified atom stereocenters. The highest BCUT2D eigenvalue weighted by atomic mass is 19.3. The van der Waals surface area contributed by atoms with Gasteiger partial charge in [-0.25, -0.2) is 8.78 Å². The van der Waals surface area contributed by atoms with Gasteiger partial charge in [0, 0.05) is 49.3 Å². The molecule has 0 radical (unpaired) electrons. The summed E-state index contributed by atoms with van der Waals surface area (Å²) in [7, 11) is 0. The van der Waals surface area contributed by atoms with Crippen LogP contribution in [0, 0.1) is 11.8 Å². The largest absolute Gasteiger partial charge is 0.449 e. The second kappa shape index (κ2) is 9.33. The fourth-order valence-electron chi connectivity index (χ4n) is 5.28. The number of ketones is 1. The van der Waals surface area contributed by atoms with E-state index in [1.54, 1.807) is 17.0 Å². The molecule has 35 heavy (non-hydrogen) atoms. The molecule has 1 aromatic rings. The minimum absolute atomic E-state index is 0.00988. The third-order valence-electron chi connectivity index (χ3n) is 7.20. The average Bonchev–Trinajstić information content (AvgIpc) is 3.47. The fraction of sp³-hybridized carbons (Fsp3) is 0.583. The van der Waals surface area contributed by atoms with Crippen LogP contribution < -0.4 is 5.32 Å². The lowest BCUT2D eigenvalue weighted by molar-refractivity contribution is -0.135. The number of halogens is 2. The maximum Gasteiger partial charge on any atom is 0.309 e. The molecular formula is C24H30BF2N3O5. The lowest BCUT2D eigenvalue weighted by Gasteiger charge is -2.27. The highest BCUT2D eigenvalue weighted by Crippen LogP contribution is 2.35. The van der Waals surface area contributed by atoms with E-state index in [1.165, 1.54) is 6.82 Å². The van der Waals surface area contributed by atoms with E-state index in [0.29, 0.717) is 12.1 Å². The molecule has 3 heterocycles. The van der Waals surface area contributed by atoms with Crippen molar-refractivity contribution < 1.29 is 33.0 Å². The van der Waals surface area contributed by atoms with Gasteiger partial charge >= 0.3 is 6.92 Å². The van der Waals surface area contributed by atoms with Gasteiger partial charge in [-0.2, -0.15) is 0 Å². The zero-order valence-corrected chi connectivity index (χ0v) is 20.1. The van der Waals surface area contributed by atoms with Crippen molar-refractivity contribution in [2.24, 2.45) is 11.8 Å². The summed E-state index contributed by atoms with van der Waals surface area (Å²) in [6.45, 7) is 3.68. The van der Waals surface area contributed by atoms with Crippen LogP contribution in [0.5, 0.6) is 0 Å². The minimum Gasteiger partial charge on any atom is -0.449 e. The van der Waals surface area contributed by atoms with Crippen molar-refractivity contribution in [2.75, 3.05) is 6.54 Å². The van der Waals surface area contributed by atoms with Crippen LogP contribution in [0.15, 0.2) is 18.2 Å². The van der Waals surface area contributed by atoms with Gasteiger partial charge in [0.15, 0.2) is 5.78 Å². The number of Topliss-reactive ketones (excluding diaryl/α,β-unsaturated/α-hetero) is 1. The molecule has 8 nitrogen and oxygen atoms in total. The van der Waals surface area contributed by atoms with Gasteiger partial charge in [0.2, 0.25) is 17.7 Å². The number of carbonyl (C=O) groups excluding carboxylic acids is 4. The van der Waals surface area contributed by atoms with E-state index in [-0.39, 0.29) is 37.0 Å². The predicted octanol–water partition coefficient (Wildman–Crippen LogP) is 1.65. The summed E-state index contributed by atoms with van der Waals surface area (Å²) in [5.41, 5.74) is 2.32. The van der Waals surface area contributed by atoms with Crippen LogP contribution in [0.2, 0.25) is 6.82 Å². The summed E-state index contributed by atoms with van der Waals surface area (Å²) >= 11 is 0. The molecule has 2 fully saturated rings. The second-order valence-electron chi connectivity index (χ2n) is 10.2. The summed E-state index contributed by atoms with van der Waals surface area (Å²) in [4.78, 5) is 53.6. The van der Waals surface area contributed by atoms with Crippen LogP contribution in [0.4, 0.5) is 8.78 Å². The van der Waals surface area contributed by atoms with Gasteiger partial charge in [0.05, 0.1) is 6.54 Å². The van der Waals surface area contributed by atoms with Crippen molar-refractivity contribution in [3.8, 4) is 0 Å². The normalized spacial score (nSPS) is 25.1. The number of hydrogen-bond donors (Lipinski definition) is 2. The van der Waals surface area contributed by atoms with Crippen molar-refractivity contribution in [2.45, 2.75) is 70.9 Å². The Labute approximate surface area is 203 Å². The standard InChI is InChI=1S/C24H30BF2N3O5/c1-13(2)21(32)16-6-4-5-14-10-29(11-17(14)16)20(31)8-15-7-18(28-22(15)33)23(34)30-12-24(26,27)9-19(30)25(3)35/h4-6,13,15,18-19,35H,7-12H2,1-3H3,(H,28,33)/t15-,18-,19-/m0/s1. The molecule has 188 valence electrons. The predicted molar refractivity (Wildman–Crippen MR) is 123 cm³/mol. The van der Waals surface area contributed by atoms with Gasteiger partial charge in [0.25, 0.3) is 5.92 Å². The number of benzene rings is 1. The lowest BCUT2D eigenvalue weighted by Crippen LogP contribution is -2.50. The summed E-state index contributed by atoms with van der Waals surface area (Å²) in [5.74, 6) is -6.46. The minimum atomic E-state index is -3.10. The van der Waals surface area contributed by atoms with Crippen molar-refractivity contribution in [3.63, 3.8) is 0 Å². The zero-order chi connectivity index (χ0) is 25.7. The summed E-state index contributed by atoms with van der Waals surface area (Å²) < 4.78 is 27.8. The maximum absolute atomic E-state index is 13.9. The molecule has 0 saturated carbocycles. The Bertz CT molecular complexity index is 1060. The summed E-state index contributed by atoms with van der Waals surface area (Å²) in [6, 6.07) is 4.42. The van der Waals surface area contributed by atoms with Crippen LogP contribution >= 0.6 is 0 Å². The second-order valence-corrected chi connectivity index (χ2v) is 10.2. The van der Waals surface area contributed by atoms with Crippen LogP contribution in [-0.4, -0.2) is 69.7 Å². The van der Waals surface area contributed by atoms with E-state index in [1.807, 2.05) is 19.9 Å². The molecule has 0 aliphatic carbocycles. The molecule has 3 atom stereocenters. The first-order valence-corrected chi connectivity index (χ1v) is 12.0. The Morgan fingerprint density at radius 1 is 1.26 bits per heavy atom. The first kappa shape index (κ1) is 25.3. The first-order valence-electron chi connectivity index (χ1n) is 12.0. The van der Waals surface area contributed by atoms with Crippen LogP contribution in [0.1, 0.15) is 54.6 Å². The van der Waals surface area contributed by atoms with E-state index in [2.05, 4.69) is 5.32 Å². The number of nitrogens with zero attached hydrogens (tertiary/aromatic N) is 2. The third-order valence-corrected chi connectivity index (χ3v) is 7.20. The number of nitrogens with one attached hydrogen (secondary N) is 1. The highest BCUT2D eigenvalue weighted by molar-refractivity contribution is 6.51. The number of alkyl halides is 2. The quantitative estimate of drug-likeness (QED) is 0.467. The molecule has 3 aliphatic heterocycles. The monoisotopic (exact) mass is 489 g/mol. The van der Waals surface area contributed by atoms with Gasteiger partial charge in [-0.1, -0.05) is 38.9 Å². The fourth-order valence-corrected chi connectivity index (χ4v) is 5.28. The highest BCUT2D eigenvalue weighted by Gasteiger charge is 2.52. The van der Waals surface area contributed by atoms with Crippen LogP contribution in [0.25, 0.3) is 0 Å². The number of likely N-dealkylation sites (tertiary alicyclic amines) is 1. The van der Waals surface area contributed by atoms with Gasteiger partial charge < -0.3 is 20.1 Å². The molecular weight excluding hydrogens is 459 g/mol. The zero-order valence-electron chi connectivity index (χ0n) is 20.1. The van der Waals surface area contributed by atoms with Crippen molar-refractivity contribution in [1.29, 1.82) is 0 Å². The van der Waals surface area contributed by atoms with E-state index < -0.39 is 55.5 Å². The van der Waals surface area contributed by atoms with Gasteiger partial charge in [-0.05, 0) is 17.5 Å². The number of hydrogen-bond acceptors (Lipinski definition) is 5.